The van der Waals surface area contributed by atoms with E-state index in [0.29, 0.717) is 5.92 Å². The molecule has 126 valence electrons. The Balaban J connectivity index is 1.57. The maximum absolute atomic E-state index is 5.54. The van der Waals surface area contributed by atoms with E-state index in [9.17, 15) is 0 Å². The quantitative estimate of drug-likeness (QED) is 0.782. The molecule has 1 aliphatic rings. The van der Waals surface area contributed by atoms with Crippen LogP contribution in [0.5, 0.6) is 0 Å². The van der Waals surface area contributed by atoms with E-state index in [1.807, 2.05) is 30.9 Å². The molecular weight excluding hydrogens is 302 g/mol. The first-order valence-corrected chi connectivity index (χ1v) is 8.52. The van der Waals surface area contributed by atoms with Gasteiger partial charge >= 0.3 is 0 Å². The van der Waals surface area contributed by atoms with Crippen LogP contribution in [-0.4, -0.2) is 32.1 Å². The third-order valence-corrected chi connectivity index (χ3v) is 4.89. The van der Waals surface area contributed by atoms with Crippen molar-refractivity contribution in [1.29, 1.82) is 0 Å². The smallest absolute Gasteiger partial charge is 0.136 e. The number of imidazole rings is 2. The molecule has 1 fully saturated rings. The van der Waals surface area contributed by atoms with E-state index in [0.717, 1.165) is 44.1 Å². The highest BCUT2D eigenvalue weighted by atomic mass is 16.5. The molecule has 3 aromatic heterocycles. The van der Waals surface area contributed by atoms with Crippen molar-refractivity contribution < 1.29 is 4.74 Å². The van der Waals surface area contributed by atoms with Gasteiger partial charge in [-0.05, 0) is 30.9 Å². The molecule has 6 heteroatoms. The Morgan fingerprint density at radius 2 is 2.04 bits per heavy atom. The second-order valence-corrected chi connectivity index (χ2v) is 6.38. The van der Waals surface area contributed by atoms with Crippen molar-refractivity contribution >= 4 is 5.65 Å². The highest BCUT2D eigenvalue weighted by Crippen LogP contribution is 2.29. The molecule has 3 aromatic rings. The zero-order valence-corrected chi connectivity index (χ0v) is 13.9. The second-order valence-electron chi connectivity index (χ2n) is 6.38. The van der Waals surface area contributed by atoms with Gasteiger partial charge in [0.15, 0.2) is 0 Å². The fourth-order valence-electron chi connectivity index (χ4n) is 3.56. The summed E-state index contributed by atoms with van der Waals surface area (Å²) in [5.74, 6) is 1.64. The first-order valence-electron chi connectivity index (χ1n) is 8.52. The summed E-state index contributed by atoms with van der Waals surface area (Å²) < 4.78 is 9.79. The molecule has 6 nitrogen and oxygen atoms in total. The normalized spacial score (nSPS) is 17.4. The molecule has 0 saturated carbocycles. The Kier molecular flexibility index (Phi) is 4.32. The van der Waals surface area contributed by atoms with Crippen LogP contribution < -0.4 is 5.32 Å². The molecule has 0 bridgehead atoms. The molecule has 1 N–H and O–H groups in total. The third kappa shape index (κ3) is 2.95. The lowest BCUT2D eigenvalue weighted by Crippen LogP contribution is -2.34. The summed E-state index contributed by atoms with van der Waals surface area (Å²) in [6.07, 6.45) is 9.88. The number of hydrogen-bond acceptors (Lipinski definition) is 4. The number of nitrogens with one attached hydrogen (secondary N) is 1. The number of nitrogens with zero attached hydrogens (tertiary/aromatic N) is 4. The summed E-state index contributed by atoms with van der Waals surface area (Å²) in [6.45, 7) is 2.46. The minimum atomic E-state index is 0.229. The van der Waals surface area contributed by atoms with E-state index in [1.165, 1.54) is 5.69 Å². The van der Waals surface area contributed by atoms with Crippen LogP contribution >= 0.6 is 0 Å². The van der Waals surface area contributed by atoms with E-state index < -0.39 is 0 Å². The Morgan fingerprint density at radius 1 is 1.21 bits per heavy atom. The van der Waals surface area contributed by atoms with E-state index in [-0.39, 0.29) is 6.04 Å². The molecule has 0 amide bonds. The molecule has 0 aliphatic carbocycles. The fourth-order valence-corrected chi connectivity index (χ4v) is 3.56. The average molecular weight is 325 g/mol. The largest absolute Gasteiger partial charge is 0.381 e. The predicted octanol–water partition coefficient (Wildman–Crippen LogP) is 2.33. The topological polar surface area (TPSA) is 56.4 Å². The van der Waals surface area contributed by atoms with Gasteiger partial charge in [-0.3, -0.25) is 0 Å². The van der Waals surface area contributed by atoms with Crippen molar-refractivity contribution in [3.05, 3.63) is 54.5 Å². The lowest BCUT2D eigenvalue weighted by molar-refractivity contribution is 0.0517. The highest BCUT2D eigenvalue weighted by molar-refractivity contribution is 5.39. The zero-order valence-electron chi connectivity index (χ0n) is 13.9. The first kappa shape index (κ1) is 15.4. The number of aryl methyl sites for hydroxylation is 1. The van der Waals surface area contributed by atoms with Crippen LogP contribution in [0.1, 0.15) is 30.4 Å². The van der Waals surface area contributed by atoms with Crippen molar-refractivity contribution in [3.8, 4) is 0 Å². The van der Waals surface area contributed by atoms with Crippen molar-refractivity contribution in [2.75, 3.05) is 13.2 Å². The van der Waals surface area contributed by atoms with Gasteiger partial charge in [-0.25, -0.2) is 9.97 Å². The minimum Gasteiger partial charge on any atom is -0.381 e. The van der Waals surface area contributed by atoms with Crippen molar-refractivity contribution in [1.82, 2.24) is 24.3 Å². The predicted molar refractivity (Wildman–Crippen MR) is 91.5 cm³/mol. The van der Waals surface area contributed by atoms with Crippen LogP contribution in [-0.2, 0) is 18.3 Å². The van der Waals surface area contributed by atoms with E-state index in [2.05, 4.69) is 43.4 Å². The monoisotopic (exact) mass is 325 g/mol. The molecule has 24 heavy (non-hydrogen) atoms. The van der Waals surface area contributed by atoms with Crippen molar-refractivity contribution in [3.63, 3.8) is 0 Å². The summed E-state index contributed by atoms with van der Waals surface area (Å²) in [5, 5.41) is 3.74. The Morgan fingerprint density at radius 3 is 2.83 bits per heavy atom. The molecule has 4 heterocycles. The fraction of sp³-hybridized carbons (Fsp3) is 0.444. The van der Waals surface area contributed by atoms with Gasteiger partial charge in [-0.1, -0.05) is 6.07 Å². The first-order chi connectivity index (χ1) is 11.8. The molecule has 0 spiro atoms. The van der Waals surface area contributed by atoms with Gasteiger partial charge in [0, 0.05) is 57.3 Å². The standard InChI is InChI=1S/C18H23N5O/c1-22-9-7-20-18(22)17(14-5-11-24-12-6-14)21-13-15-3-2-4-16-19-8-10-23(15)16/h2-4,7-10,14,17,21H,5-6,11-13H2,1H3/t17-/m1/s1. The molecule has 1 aliphatic heterocycles. The summed E-state index contributed by atoms with van der Waals surface area (Å²) in [7, 11) is 2.06. The molecule has 1 atom stereocenters. The number of fused-ring (bicyclic) bond motifs is 1. The van der Waals surface area contributed by atoms with Crippen LogP contribution in [0.4, 0.5) is 0 Å². The van der Waals surface area contributed by atoms with Gasteiger partial charge in [0.05, 0.1) is 6.04 Å². The SMILES string of the molecule is Cn1ccnc1[C@H](NCc1cccc2nccn12)C1CCOCC1. The van der Waals surface area contributed by atoms with Gasteiger partial charge in [0.2, 0.25) is 0 Å². The molecule has 0 aromatic carbocycles. The van der Waals surface area contributed by atoms with Crippen LogP contribution in [0.25, 0.3) is 5.65 Å². The van der Waals surface area contributed by atoms with Crippen LogP contribution in [0.15, 0.2) is 43.0 Å². The molecule has 4 rings (SSSR count). The molecule has 0 radical (unpaired) electrons. The van der Waals surface area contributed by atoms with Crippen molar-refractivity contribution in [2.45, 2.75) is 25.4 Å². The Labute approximate surface area is 141 Å². The lowest BCUT2D eigenvalue weighted by atomic mass is 9.91. The number of pyridine rings is 1. The molecule has 0 unspecified atom stereocenters. The zero-order chi connectivity index (χ0) is 16.4. The highest BCUT2D eigenvalue weighted by Gasteiger charge is 2.28. The summed E-state index contributed by atoms with van der Waals surface area (Å²) in [5.41, 5.74) is 2.19. The van der Waals surface area contributed by atoms with Crippen LogP contribution in [0, 0.1) is 5.92 Å². The van der Waals surface area contributed by atoms with E-state index in [4.69, 9.17) is 4.74 Å². The van der Waals surface area contributed by atoms with Gasteiger partial charge in [-0.15, -0.1) is 0 Å². The maximum atomic E-state index is 5.54. The van der Waals surface area contributed by atoms with Gasteiger partial charge < -0.3 is 19.0 Å². The molecule has 1 saturated heterocycles. The summed E-state index contributed by atoms with van der Waals surface area (Å²) in [4.78, 5) is 8.96. The lowest BCUT2D eigenvalue weighted by Gasteiger charge is -2.30. The Bertz CT molecular complexity index is 802. The van der Waals surface area contributed by atoms with Crippen LogP contribution in [0.3, 0.4) is 0 Å². The van der Waals surface area contributed by atoms with E-state index in [1.54, 1.807) is 0 Å². The second kappa shape index (κ2) is 6.75. The molecular formula is C18H23N5O. The van der Waals surface area contributed by atoms with Crippen LogP contribution in [0.2, 0.25) is 0 Å². The van der Waals surface area contributed by atoms with Gasteiger partial charge in [0.25, 0.3) is 0 Å². The maximum Gasteiger partial charge on any atom is 0.136 e. The van der Waals surface area contributed by atoms with Gasteiger partial charge in [0.1, 0.15) is 11.5 Å². The van der Waals surface area contributed by atoms with Gasteiger partial charge in [-0.2, -0.15) is 0 Å². The summed E-state index contributed by atoms with van der Waals surface area (Å²) in [6, 6.07) is 6.45. The van der Waals surface area contributed by atoms with E-state index >= 15 is 0 Å². The number of ether oxygens (including phenoxy) is 1. The minimum absolute atomic E-state index is 0.229. The summed E-state index contributed by atoms with van der Waals surface area (Å²) >= 11 is 0. The number of hydrogen-bond donors (Lipinski definition) is 1. The van der Waals surface area contributed by atoms with Crippen molar-refractivity contribution in [2.24, 2.45) is 13.0 Å². The Hall–Kier alpha value is -2.18. The third-order valence-electron chi connectivity index (χ3n) is 4.89. The number of aromatic nitrogens is 4. The average Bonchev–Trinajstić information content (AvgIpc) is 3.26. The number of rotatable bonds is 5.